The van der Waals surface area contributed by atoms with Crippen molar-refractivity contribution in [1.29, 1.82) is 0 Å². The van der Waals surface area contributed by atoms with Crippen molar-refractivity contribution >= 4 is 34.6 Å². The molecule has 3 aromatic heterocycles. The second-order valence-corrected chi connectivity index (χ2v) is 9.18. The third-order valence-corrected chi connectivity index (χ3v) is 6.60. The summed E-state index contributed by atoms with van der Waals surface area (Å²) < 4.78 is 6.38. The highest BCUT2D eigenvalue weighted by molar-refractivity contribution is 6.00. The second kappa shape index (κ2) is 10.6. The summed E-state index contributed by atoms with van der Waals surface area (Å²) in [4.78, 5) is 9.49. The van der Waals surface area contributed by atoms with E-state index < -0.39 is 0 Å². The zero-order chi connectivity index (χ0) is 26.6. The first-order valence-corrected chi connectivity index (χ1v) is 12.9. The predicted octanol–water partition coefficient (Wildman–Crippen LogP) is 9.64. The van der Waals surface area contributed by atoms with Crippen molar-refractivity contribution in [2.45, 2.75) is 6.92 Å². The molecular formula is C35H27N3O. The topological polar surface area (TPSA) is 51.0 Å². The maximum absolute atomic E-state index is 6.38. The quantitative estimate of drug-likeness (QED) is 0.235. The number of pyridine rings is 2. The monoisotopic (exact) mass is 505 g/mol. The normalized spacial score (nSPS) is 11.2. The molecule has 0 aliphatic heterocycles. The van der Waals surface area contributed by atoms with Crippen molar-refractivity contribution < 1.29 is 4.42 Å². The molecule has 0 radical (unpaired) electrons. The van der Waals surface area contributed by atoms with Crippen LogP contribution in [0.2, 0.25) is 0 Å². The Morgan fingerprint density at radius 3 is 2.36 bits per heavy atom. The van der Waals surface area contributed by atoms with Crippen LogP contribution in [0.3, 0.4) is 0 Å². The predicted molar refractivity (Wildman–Crippen MR) is 163 cm³/mol. The average molecular weight is 506 g/mol. The van der Waals surface area contributed by atoms with Gasteiger partial charge in [-0.15, -0.1) is 0 Å². The van der Waals surface area contributed by atoms with Gasteiger partial charge in [0.25, 0.3) is 0 Å². The average Bonchev–Trinajstić information content (AvgIpc) is 3.35. The molecule has 0 aliphatic rings. The van der Waals surface area contributed by atoms with E-state index in [-0.39, 0.29) is 0 Å². The van der Waals surface area contributed by atoms with E-state index >= 15 is 0 Å². The Morgan fingerprint density at radius 1 is 0.769 bits per heavy atom. The van der Waals surface area contributed by atoms with Crippen LogP contribution in [0.25, 0.3) is 56.8 Å². The minimum absolute atomic E-state index is 0.765. The third-order valence-electron chi connectivity index (χ3n) is 6.60. The van der Waals surface area contributed by atoms with Gasteiger partial charge in [0.2, 0.25) is 0 Å². The van der Waals surface area contributed by atoms with Crippen LogP contribution in [0.1, 0.15) is 18.2 Å². The number of hydrogen-bond acceptors (Lipinski definition) is 4. The molecule has 0 bridgehead atoms. The molecule has 4 nitrogen and oxygen atoms in total. The van der Waals surface area contributed by atoms with Gasteiger partial charge < -0.3 is 9.73 Å². The molecule has 6 aromatic rings. The van der Waals surface area contributed by atoms with Crippen LogP contribution in [-0.2, 0) is 0 Å². The van der Waals surface area contributed by atoms with E-state index in [2.05, 4.69) is 65.4 Å². The van der Waals surface area contributed by atoms with Gasteiger partial charge in [0.15, 0.2) is 0 Å². The van der Waals surface area contributed by atoms with Crippen LogP contribution in [0.15, 0.2) is 126 Å². The van der Waals surface area contributed by atoms with Gasteiger partial charge in [0, 0.05) is 39.5 Å². The highest BCUT2D eigenvalue weighted by Gasteiger charge is 2.16. The van der Waals surface area contributed by atoms with Gasteiger partial charge in [-0.1, -0.05) is 79.4 Å². The molecule has 6 rings (SSSR count). The zero-order valence-corrected chi connectivity index (χ0v) is 21.6. The Bertz CT molecular complexity index is 1800. The molecule has 0 amide bonds. The Hall–Kier alpha value is -5.22. The van der Waals surface area contributed by atoms with E-state index in [9.17, 15) is 0 Å². The largest absolute Gasteiger partial charge is 0.455 e. The molecule has 0 fully saturated rings. The van der Waals surface area contributed by atoms with Gasteiger partial charge >= 0.3 is 0 Å². The number of nitrogens with zero attached hydrogens (tertiary/aromatic N) is 2. The van der Waals surface area contributed by atoms with Crippen molar-refractivity contribution in [3.63, 3.8) is 0 Å². The van der Waals surface area contributed by atoms with Crippen LogP contribution >= 0.6 is 0 Å². The fraction of sp³-hybridized carbons (Fsp3) is 0.0286. The van der Waals surface area contributed by atoms with Crippen molar-refractivity contribution in [3.8, 4) is 33.6 Å². The molecule has 39 heavy (non-hydrogen) atoms. The first kappa shape index (κ1) is 24.1. The number of hydrogen-bond donors (Lipinski definition) is 1. The lowest BCUT2D eigenvalue weighted by molar-refractivity contribution is 0.604. The molecule has 3 heterocycles. The molecule has 0 spiro atoms. The summed E-state index contributed by atoms with van der Waals surface area (Å²) in [6, 6.07) is 34.8. The van der Waals surface area contributed by atoms with Gasteiger partial charge in [-0.3, -0.25) is 4.98 Å². The van der Waals surface area contributed by atoms with E-state index in [0.29, 0.717) is 0 Å². The SMILES string of the molecule is C=Cc1c(/C=C\C)oc2c(-c3cc(Nc4cccc(-c5ccccc5)n4)cc(-c4ccccn4)c3)cccc12. The summed E-state index contributed by atoms with van der Waals surface area (Å²) in [5, 5.41) is 4.57. The van der Waals surface area contributed by atoms with Crippen molar-refractivity contribution in [1.82, 2.24) is 9.97 Å². The molecule has 3 aromatic carbocycles. The van der Waals surface area contributed by atoms with Crippen molar-refractivity contribution in [2.24, 2.45) is 0 Å². The number of anilines is 2. The van der Waals surface area contributed by atoms with Crippen LogP contribution in [0.4, 0.5) is 11.5 Å². The molecule has 0 aliphatic carbocycles. The Labute approximate surface area is 228 Å². The summed E-state index contributed by atoms with van der Waals surface area (Å²) in [7, 11) is 0. The Balaban J connectivity index is 1.49. The molecule has 0 atom stereocenters. The number of para-hydroxylation sites is 1. The lowest BCUT2D eigenvalue weighted by Gasteiger charge is -2.13. The fourth-order valence-corrected chi connectivity index (χ4v) is 4.83. The van der Waals surface area contributed by atoms with Crippen LogP contribution in [-0.4, -0.2) is 9.97 Å². The number of aromatic nitrogens is 2. The number of nitrogens with one attached hydrogen (secondary N) is 1. The van der Waals surface area contributed by atoms with Gasteiger partial charge in [-0.25, -0.2) is 4.98 Å². The highest BCUT2D eigenvalue weighted by Crippen LogP contribution is 2.38. The minimum Gasteiger partial charge on any atom is -0.455 e. The van der Waals surface area contributed by atoms with E-state index in [4.69, 9.17) is 9.40 Å². The van der Waals surface area contributed by atoms with Crippen molar-refractivity contribution in [3.05, 3.63) is 133 Å². The van der Waals surface area contributed by atoms with Crippen LogP contribution in [0.5, 0.6) is 0 Å². The van der Waals surface area contributed by atoms with E-state index in [1.54, 1.807) is 0 Å². The second-order valence-electron chi connectivity index (χ2n) is 9.18. The Kier molecular flexibility index (Phi) is 6.59. The van der Waals surface area contributed by atoms with Gasteiger partial charge in [-0.2, -0.15) is 0 Å². The molecule has 0 unspecified atom stereocenters. The molecule has 1 N–H and O–H groups in total. The molecule has 0 saturated heterocycles. The molecule has 0 saturated carbocycles. The van der Waals surface area contributed by atoms with E-state index in [1.807, 2.05) is 85.9 Å². The van der Waals surface area contributed by atoms with Crippen LogP contribution < -0.4 is 5.32 Å². The summed E-state index contributed by atoms with van der Waals surface area (Å²) in [5.74, 6) is 1.57. The van der Waals surface area contributed by atoms with Crippen molar-refractivity contribution in [2.75, 3.05) is 5.32 Å². The fourth-order valence-electron chi connectivity index (χ4n) is 4.83. The summed E-state index contributed by atoms with van der Waals surface area (Å²) >= 11 is 0. The maximum atomic E-state index is 6.38. The van der Waals surface area contributed by atoms with Gasteiger partial charge in [0.1, 0.15) is 17.2 Å². The minimum atomic E-state index is 0.765. The van der Waals surface area contributed by atoms with E-state index in [0.717, 1.165) is 67.4 Å². The summed E-state index contributed by atoms with van der Waals surface area (Å²) in [6.45, 7) is 6.01. The standard InChI is InChI=1S/C35H27N3O/c1-3-12-33-28(4-2)30-16-10-15-29(35(30)39-33)25-21-26(31-17-8-9-20-36-31)23-27(22-25)37-34-19-11-18-32(38-34)24-13-6-5-7-14-24/h3-23H,2H2,1H3,(H,37,38)/b12-3-. The number of fused-ring (bicyclic) bond motifs is 1. The number of rotatable bonds is 7. The highest BCUT2D eigenvalue weighted by atomic mass is 16.3. The summed E-state index contributed by atoms with van der Waals surface area (Å²) in [6.07, 6.45) is 7.62. The zero-order valence-electron chi connectivity index (χ0n) is 21.6. The molecule has 4 heteroatoms. The lowest BCUT2D eigenvalue weighted by atomic mass is 9.98. The van der Waals surface area contributed by atoms with E-state index in [1.165, 1.54) is 0 Å². The number of allylic oxidation sites excluding steroid dienone is 1. The third kappa shape index (κ3) is 4.88. The first-order valence-electron chi connectivity index (χ1n) is 12.9. The van der Waals surface area contributed by atoms with Gasteiger partial charge in [-0.05, 0) is 61.0 Å². The summed E-state index contributed by atoms with van der Waals surface area (Å²) in [5.41, 5.74) is 8.61. The molecule has 188 valence electrons. The maximum Gasteiger partial charge on any atom is 0.143 e. The van der Waals surface area contributed by atoms with Crippen LogP contribution in [0, 0.1) is 0 Å². The number of furan rings is 1. The Morgan fingerprint density at radius 2 is 1.56 bits per heavy atom. The van der Waals surface area contributed by atoms with Gasteiger partial charge in [0.05, 0.1) is 11.4 Å². The first-order chi connectivity index (χ1) is 19.2. The smallest absolute Gasteiger partial charge is 0.143 e. The molecular weight excluding hydrogens is 478 g/mol. The number of benzene rings is 3. The lowest BCUT2D eigenvalue weighted by Crippen LogP contribution is -1.96.